The van der Waals surface area contributed by atoms with Crippen molar-refractivity contribution in [1.82, 2.24) is 19.7 Å². The van der Waals surface area contributed by atoms with Crippen LogP contribution in [0.5, 0.6) is 11.5 Å². The van der Waals surface area contributed by atoms with E-state index in [4.69, 9.17) is 15.2 Å². The fourth-order valence-corrected chi connectivity index (χ4v) is 2.01. The van der Waals surface area contributed by atoms with Gasteiger partial charge in [-0.2, -0.15) is 0 Å². The Labute approximate surface area is 115 Å². The first-order chi connectivity index (χ1) is 9.72. The van der Waals surface area contributed by atoms with Crippen LogP contribution in [0, 0.1) is 0 Å². The van der Waals surface area contributed by atoms with Crippen LogP contribution in [0.15, 0.2) is 30.7 Å². The fourth-order valence-electron chi connectivity index (χ4n) is 2.01. The highest BCUT2D eigenvalue weighted by molar-refractivity contribution is 5.88. The van der Waals surface area contributed by atoms with E-state index in [9.17, 15) is 0 Å². The Balaban J connectivity index is 2.28. The summed E-state index contributed by atoms with van der Waals surface area (Å²) in [6, 6.07) is 5.32. The van der Waals surface area contributed by atoms with Gasteiger partial charge in [-0.25, -0.2) is 14.6 Å². The van der Waals surface area contributed by atoms with Gasteiger partial charge in [0, 0.05) is 23.7 Å². The van der Waals surface area contributed by atoms with E-state index in [1.165, 1.54) is 6.33 Å². The second-order valence-corrected chi connectivity index (χ2v) is 4.11. The Morgan fingerprint density at radius 1 is 1.10 bits per heavy atom. The molecule has 0 aliphatic rings. The van der Waals surface area contributed by atoms with Crippen LogP contribution in [0.25, 0.3) is 16.7 Å². The predicted molar refractivity (Wildman–Crippen MR) is 74.2 cm³/mol. The van der Waals surface area contributed by atoms with Crippen molar-refractivity contribution in [1.29, 1.82) is 0 Å². The van der Waals surface area contributed by atoms with Gasteiger partial charge in [0.1, 0.15) is 12.1 Å². The maximum Gasteiger partial charge on any atom is 0.164 e. The highest BCUT2D eigenvalue weighted by Gasteiger charge is 2.12. The van der Waals surface area contributed by atoms with Gasteiger partial charge in [-0.1, -0.05) is 0 Å². The Bertz CT molecular complexity index is 769. The van der Waals surface area contributed by atoms with Gasteiger partial charge in [0.05, 0.1) is 19.7 Å². The van der Waals surface area contributed by atoms with Crippen molar-refractivity contribution < 1.29 is 9.47 Å². The second kappa shape index (κ2) is 4.69. The molecule has 0 bridgehead atoms. The van der Waals surface area contributed by atoms with Crippen LogP contribution in [0.4, 0.5) is 5.82 Å². The molecule has 7 heteroatoms. The van der Waals surface area contributed by atoms with Crippen molar-refractivity contribution >= 4 is 16.7 Å². The first-order valence-corrected chi connectivity index (χ1v) is 5.91. The first kappa shape index (κ1) is 12.2. The van der Waals surface area contributed by atoms with Crippen LogP contribution in [0.1, 0.15) is 0 Å². The lowest BCUT2D eigenvalue weighted by atomic mass is 10.2. The normalized spacial score (nSPS) is 10.7. The van der Waals surface area contributed by atoms with Crippen LogP contribution in [-0.2, 0) is 0 Å². The van der Waals surface area contributed by atoms with Crippen molar-refractivity contribution in [2.45, 2.75) is 0 Å². The molecule has 3 aromatic rings. The number of nitrogens with two attached hydrogens (primary N) is 1. The Morgan fingerprint density at radius 3 is 2.50 bits per heavy atom. The average Bonchev–Trinajstić information content (AvgIpc) is 2.91. The Hall–Kier alpha value is -2.83. The maximum atomic E-state index is 5.64. The van der Waals surface area contributed by atoms with E-state index in [1.807, 2.05) is 6.07 Å². The zero-order chi connectivity index (χ0) is 14.1. The molecule has 2 aromatic heterocycles. The lowest BCUT2D eigenvalue weighted by Crippen LogP contribution is -2.02. The zero-order valence-electron chi connectivity index (χ0n) is 11.1. The van der Waals surface area contributed by atoms with Crippen molar-refractivity contribution in [3.63, 3.8) is 0 Å². The largest absolute Gasteiger partial charge is 0.493 e. The third-order valence-corrected chi connectivity index (χ3v) is 2.95. The van der Waals surface area contributed by atoms with Gasteiger partial charge >= 0.3 is 0 Å². The maximum absolute atomic E-state index is 5.64. The highest BCUT2D eigenvalue weighted by Crippen LogP contribution is 2.32. The molecule has 3 rings (SSSR count). The van der Waals surface area contributed by atoms with E-state index < -0.39 is 0 Å². The summed E-state index contributed by atoms with van der Waals surface area (Å²) >= 11 is 0. The van der Waals surface area contributed by atoms with Crippen LogP contribution in [-0.4, -0.2) is 34.0 Å². The topological polar surface area (TPSA) is 88.1 Å². The number of anilines is 1. The number of hydrogen-bond donors (Lipinski definition) is 1. The van der Waals surface area contributed by atoms with Crippen LogP contribution < -0.4 is 15.2 Å². The molecule has 0 fully saturated rings. The van der Waals surface area contributed by atoms with Gasteiger partial charge in [0.2, 0.25) is 0 Å². The average molecular weight is 271 g/mol. The van der Waals surface area contributed by atoms with Crippen LogP contribution >= 0.6 is 0 Å². The molecule has 0 unspecified atom stereocenters. The van der Waals surface area contributed by atoms with E-state index in [0.717, 1.165) is 10.9 Å². The molecular weight excluding hydrogens is 258 g/mol. The van der Waals surface area contributed by atoms with Crippen molar-refractivity contribution in [3.05, 3.63) is 30.7 Å². The van der Waals surface area contributed by atoms with E-state index in [1.54, 1.807) is 37.2 Å². The number of ether oxygens (including phenoxy) is 2. The Kier molecular flexibility index (Phi) is 2.86. The van der Waals surface area contributed by atoms with Crippen molar-refractivity contribution in [2.75, 3.05) is 20.0 Å². The quantitative estimate of drug-likeness (QED) is 0.775. The summed E-state index contributed by atoms with van der Waals surface area (Å²) in [5.41, 5.74) is 6.38. The molecule has 0 atom stereocenters. The molecule has 0 aliphatic heterocycles. The molecule has 0 amide bonds. The molecule has 2 heterocycles. The lowest BCUT2D eigenvalue weighted by Gasteiger charge is -2.10. The molecule has 0 radical (unpaired) electrons. The van der Waals surface area contributed by atoms with Gasteiger partial charge in [-0.15, -0.1) is 5.10 Å². The summed E-state index contributed by atoms with van der Waals surface area (Å²) in [6.45, 7) is 0. The standard InChI is InChI=1S/C13H13N5O2/c1-19-10-5-8-9(6-11(10)20-2)15-7-16-13(8)18-4-3-12(14)17-18/h3-7H,1-2H3,(H2,14,17). The van der Waals surface area contributed by atoms with Crippen molar-refractivity contribution in [3.8, 4) is 17.3 Å². The van der Waals surface area contributed by atoms with E-state index >= 15 is 0 Å². The number of benzene rings is 1. The summed E-state index contributed by atoms with van der Waals surface area (Å²) in [4.78, 5) is 8.50. The molecule has 0 spiro atoms. The minimum atomic E-state index is 0.428. The Morgan fingerprint density at radius 2 is 1.85 bits per heavy atom. The summed E-state index contributed by atoms with van der Waals surface area (Å²) in [6.07, 6.45) is 3.22. The third kappa shape index (κ3) is 1.89. The first-order valence-electron chi connectivity index (χ1n) is 5.91. The number of nitrogen functional groups attached to an aromatic ring is 1. The minimum absolute atomic E-state index is 0.428. The molecule has 20 heavy (non-hydrogen) atoms. The highest BCUT2D eigenvalue weighted by atomic mass is 16.5. The zero-order valence-corrected chi connectivity index (χ0v) is 11.1. The molecular formula is C13H13N5O2. The smallest absolute Gasteiger partial charge is 0.164 e. The van der Waals surface area contributed by atoms with E-state index in [2.05, 4.69) is 15.1 Å². The number of rotatable bonds is 3. The summed E-state index contributed by atoms with van der Waals surface area (Å²) in [5.74, 6) is 2.28. The number of fused-ring (bicyclic) bond motifs is 1. The van der Waals surface area contributed by atoms with Crippen molar-refractivity contribution in [2.24, 2.45) is 0 Å². The molecule has 0 aliphatic carbocycles. The summed E-state index contributed by atoms with van der Waals surface area (Å²) in [7, 11) is 3.17. The molecule has 7 nitrogen and oxygen atoms in total. The SMILES string of the molecule is COc1cc2ncnc(-n3ccc(N)n3)c2cc1OC. The monoisotopic (exact) mass is 271 g/mol. The summed E-state index contributed by atoms with van der Waals surface area (Å²) in [5, 5.41) is 4.96. The molecule has 1 aromatic carbocycles. The minimum Gasteiger partial charge on any atom is -0.493 e. The molecule has 102 valence electrons. The number of methoxy groups -OCH3 is 2. The number of nitrogens with zero attached hydrogens (tertiary/aromatic N) is 4. The number of hydrogen-bond acceptors (Lipinski definition) is 6. The molecule has 0 saturated heterocycles. The van der Waals surface area contributed by atoms with Crippen LogP contribution in [0.3, 0.4) is 0 Å². The lowest BCUT2D eigenvalue weighted by molar-refractivity contribution is 0.355. The molecule has 0 saturated carbocycles. The molecule has 2 N–H and O–H groups in total. The predicted octanol–water partition coefficient (Wildman–Crippen LogP) is 1.41. The second-order valence-electron chi connectivity index (χ2n) is 4.11. The fraction of sp³-hybridized carbons (Fsp3) is 0.154. The van der Waals surface area contributed by atoms with Crippen LogP contribution in [0.2, 0.25) is 0 Å². The van der Waals surface area contributed by atoms with E-state index in [0.29, 0.717) is 23.1 Å². The van der Waals surface area contributed by atoms with E-state index in [-0.39, 0.29) is 0 Å². The van der Waals surface area contributed by atoms with Gasteiger partial charge in [-0.05, 0) is 6.07 Å². The van der Waals surface area contributed by atoms with Gasteiger partial charge in [0.15, 0.2) is 17.3 Å². The van der Waals surface area contributed by atoms with Gasteiger partial charge < -0.3 is 15.2 Å². The third-order valence-electron chi connectivity index (χ3n) is 2.95. The van der Waals surface area contributed by atoms with Gasteiger partial charge in [-0.3, -0.25) is 0 Å². The number of aromatic nitrogens is 4. The van der Waals surface area contributed by atoms with Gasteiger partial charge in [0.25, 0.3) is 0 Å². The summed E-state index contributed by atoms with van der Waals surface area (Å²) < 4.78 is 12.2.